The average Bonchev–Trinajstić information content (AvgIpc) is 2.90. The number of anilines is 1. The monoisotopic (exact) mass is 536 g/mol. The highest BCUT2D eigenvalue weighted by molar-refractivity contribution is 5.97. The summed E-state index contributed by atoms with van der Waals surface area (Å²) in [4.78, 5) is 35.0. The minimum Gasteiger partial charge on any atom is -0.336 e. The van der Waals surface area contributed by atoms with E-state index in [2.05, 4.69) is 23.6 Å². The van der Waals surface area contributed by atoms with Gasteiger partial charge in [0.1, 0.15) is 5.82 Å². The molecule has 1 fully saturated rings. The first-order valence-corrected chi connectivity index (χ1v) is 14.7. The van der Waals surface area contributed by atoms with Gasteiger partial charge in [-0.05, 0) is 66.8 Å². The van der Waals surface area contributed by atoms with Crippen LogP contribution in [0.15, 0.2) is 42.5 Å². The van der Waals surface area contributed by atoms with Crippen LogP contribution in [-0.2, 0) is 17.9 Å². The first-order chi connectivity index (χ1) is 18.8. The Morgan fingerprint density at radius 1 is 0.821 bits per heavy atom. The molecule has 0 bridgehead atoms. The number of piperazine rings is 1. The molecule has 2 amide bonds. The number of nitrogens with zero attached hydrogens (tertiary/aromatic N) is 4. The van der Waals surface area contributed by atoms with Crippen LogP contribution >= 0.6 is 0 Å². The predicted octanol–water partition coefficient (Wildman–Crippen LogP) is 5.56. The summed E-state index contributed by atoms with van der Waals surface area (Å²) >= 11 is 0. The van der Waals surface area contributed by atoms with Crippen molar-refractivity contribution in [2.24, 2.45) is 5.92 Å². The van der Waals surface area contributed by atoms with Crippen LogP contribution in [0.4, 0.5) is 10.1 Å². The van der Waals surface area contributed by atoms with Crippen LogP contribution in [0.2, 0.25) is 0 Å². The Kier molecular flexibility index (Phi) is 10.5. The lowest BCUT2D eigenvalue weighted by molar-refractivity contribution is -0.116. The number of hydrogen-bond donors (Lipinski definition) is 0. The Labute approximate surface area is 233 Å². The molecular weight excluding hydrogens is 491 g/mol. The Morgan fingerprint density at radius 3 is 2.15 bits per heavy atom. The number of amides is 2. The van der Waals surface area contributed by atoms with Gasteiger partial charge in [-0.25, -0.2) is 4.39 Å². The topological polar surface area (TPSA) is 47.1 Å². The molecule has 2 aromatic rings. The van der Waals surface area contributed by atoms with Gasteiger partial charge in [0.25, 0.3) is 5.91 Å². The summed E-state index contributed by atoms with van der Waals surface area (Å²) in [6.07, 6.45) is 5.73. The van der Waals surface area contributed by atoms with Crippen molar-refractivity contribution in [3.05, 3.63) is 65.0 Å². The summed E-state index contributed by atoms with van der Waals surface area (Å²) in [5.41, 5.74) is 3.78. The van der Waals surface area contributed by atoms with E-state index in [-0.39, 0.29) is 17.6 Å². The van der Waals surface area contributed by atoms with Crippen LogP contribution in [0.3, 0.4) is 0 Å². The second kappa shape index (κ2) is 14.0. The lowest BCUT2D eigenvalue weighted by atomic mass is 10.0. The van der Waals surface area contributed by atoms with Crippen molar-refractivity contribution in [2.45, 2.75) is 66.0 Å². The number of fused-ring (bicyclic) bond motifs is 1. The van der Waals surface area contributed by atoms with Crippen molar-refractivity contribution < 1.29 is 14.0 Å². The molecule has 2 aliphatic rings. The molecule has 0 radical (unpaired) electrons. The molecular formula is C32H45FN4O2. The third-order valence-electron chi connectivity index (χ3n) is 7.85. The van der Waals surface area contributed by atoms with Crippen molar-refractivity contribution >= 4 is 17.5 Å². The van der Waals surface area contributed by atoms with Gasteiger partial charge in [-0.15, -0.1) is 0 Å². The quantitative estimate of drug-likeness (QED) is 0.502. The minimum atomic E-state index is -0.221. The highest BCUT2D eigenvalue weighted by Gasteiger charge is 2.25. The molecule has 0 aliphatic carbocycles. The van der Waals surface area contributed by atoms with Crippen LogP contribution in [0, 0.1) is 11.7 Å². The molecule has 0 aromatic heterocycles. The molecule has 0 saturated carbocycles. The highest BCUT2D eigenvalue weighted by Crippen LogP contribution is 2.27. The van der Waals surface area contributed by atoms with Gasteiger partial charge in [-0.2, -0.15) is 0 Å². The van der Waals surface area contributed by atoms with Crippen LogP contribution in [-0.4, -0.2) is 72.3 Å². The van der Waals surface area contributed by atoms with Crippen molar-refractivity contribution in [2.75, 3.05) is 50.7 Å². The van der Waals surface area contributed by atoms with Gasteiger partial charge < -0.3 is 9.80 Å². The first-order valence-electron chi connectivity index (χ1n) is 14.7. The zero-order valence-electron chi connectivity index (χ0n) is 24.0. The Balaban J connectivity index is 1.51. The standard InChI is InChI=1S/C32H45FN4O2/c1-25(2)22-35-15-7-5-4-6-8-16-37(26(3)38)31-14-11-28(21-29(31)24-35)32(39)36-19-17-34(18-20-36)23-27-9-12-30(33)13-10-27/h9-14,21,25H,4-8,15-20,22-24H2,1-3H3. The van der Waals surface area contributed by atoms with E-state index < -0.39 is 0 Å². The van der Waals surface area contributed by atoms with Gasteiger partial charge >= 0.3 is 0 Å². The Hall–Kier alpha value is -2.77. The normalized spacial score (nSPS) is 18.4. The van der Waals surface area contributed by atoms with E-state index in [9.17, 15) is 14.0 Å². The van der Waals surface area contributed by atoms with E-state index >= 15 is 0 Å². The molecule has 39 heavy (non-hydrogen) atoms. The number of carbonyl (C=O) groups is 2. The molecule has 0 N–H and O–H groups in total. The Bertz CT molecular complexity index is 1100. The number of rotatable bonds is 5. The predicted molar refractivity (Wildman–Crippen MR) is 155 cm³/mol. The lowest BCUT2D eigenvalue weighted by Gasteiger charge is -2.35. The average molecular weight is 537 g/mol. The molecule has 212 valence electrons. The fraction of sp³-hybridized carbons (Fsp3) is 0.562. The van der Waals surface area contributed by atoms with E-state index in [0.717, 1.165) is 75.5 Å². The van der Waals surface area contributed by atoms with Gasteiger partial charge in [0.2, 0.25) is 5.91 Å². The smallest absolute Gasteiger partial charge is 0.253 e. The van der Waals surface area contributed by atoms with Crippen LogP contribution in [0.25, 0.3) is 0 Å². The van der Waals surface area contributed by atoms with Crippen LogP contribution in [0.5, 0.6) is 0 Å². The maximum atomic E-state index is 13.6. The number of halogens is 1. The fourth-order valence-corrected chi connectivity index (χ4v) is 5.82. The summed E-state index contributed by atoms with van der Waals surface area (Å²) in [7, 11) is 0. The summed E-state index contributed by atoms with van der Waals surface area (Å²) in [6, 6.07) is 12.6. The molecule has 2 aromatic carbocycles. The maximum absolute atomic E-state index is 13.6. The molecule has 0 atom stereocenters. The zero-order chi connectivity index (χ0) is 27.8. The summed E-state index contributed by atoms with van der Waals surface area (Å²) < 4.78 is 13.2. The number of hydrogen-bond acceptors (Lipinski definition) is 4. The van der Waals surface area contributed by atoms with E-state index in [1.807, 2.05) is 40.1 Å². The third-order valence-corrected chi connectivity index (χ3v) is 7.85. The second-order valence-corrected chi connectivity index (χ2v) is 11.6. The Morgan fingerprint density at radius 2 is 1.49 bits per heavy atom. The van der Waals surface area contributed by atoms with Crippen molar-refractivity contribution in [1.29, 1.82) is 0 Å². The van der Waals surface area contributed by atoms with Crippen molar-refractivity contribution in [3.8, 4) is 0 Å². The summed E-state index contributed by atoms with van der Waals surface area (Å²) in [5, 5.41) is 0. The van der Waals surface area contributed by atoms with Gasteiger partial charge in [0.05, 0.1) is 0 Å². The first kappa shape index (κ1) is 29.2. The maximum Gasteiger partial charge on any atom is 0.253 e. The zero-order valence-corrected chi connectivity index (χ0v) is 24.0. The molecule has 7 heteroatoms. The van der Waals surface area contributed by atoms with Crippen LogP contribution < -0.4 is 4.90 Å². The molecule has 6 nitrogen and oxygen atoms in total. The molecule has 4 rings (SSSR count). The van der Waals surface area contributed by atoms with Gasteiger partial charge in [-0.1, -0.05) is 45.2 Å². The largest absolute Gasteiger partial charge is 0.336 e. The molecule has 0 spiro atoms. The number of benzene rings is 2. The molecule has 2 aliphatic heterocycles. The number of carbonyl (C=O) groups excluding carboxylic acids is 2. The molecule has 1 saturated heterocycles. The highest BCUT2D eigenvalue weighted by atomic mass is 19.1. The second-order valence-electron chi connectivity index (χ2n) is 11.6. The van der Waals surface area contributed by atoms with E-state index in [1.165, 1.54) is 31.4 Å². The third kappa shape index (κ3) is 8.36. The summed E-state index contributed by atoms with van der Waals surface area (Å²) in [6.45, 7) is 13.3. The minimum absolute atomic E-state index is 0.0510. The van der Waals surface area contributed by atoms with Gasteiger partial charge in [0, 0.05) is 70.5 Å². The van der Waals surface area contributed by atoms with Gasteiger partial charge in [-0.3, -0.25) is 19.4 Å². The van der Waals surface area contributed by atoms with Crippen molar-refractivity contribution in [1.82, 2.24) is 14.7 Å². The van der Waals surface area contributed by atoms with Crippen molar-refractivity contribution in [3.63, 3.8) is 0 Å². The molecule has 0 unspecified atom stereocenters. The fourth-order valence-electron chi connectivity index (χ4n) is 5.82. The van der Waals surface area contributed by atoms with Gasteiger partial charge in [0.15, 0.2) is 0 Å². The van der Waals surface area contributed by atoms with E-state index in [1.54, 1.807) is 6.92 Å². The van der Waals surface area contributed by atoms with Crippen LogP contribution in [0.1, 0.15) is 74.4 Å². The molecule has 2 heterocycles. The SMILES string of the molecule is CC(=O)N1CCCCCCCN(CC(C)C)Cc2cc(C(=O)N3CCN(Cc4ccc(F)cc4)CC3)ccc21. The summed E-state index contributed by atoms with van der Waals surface area (Å²) in [5.74, 6) is 0.429. The lowest BCUT2D eigenvalue weighted by Crippen LogP contribution is -2.48. The van der Waals surface area contributed by atoms with E-state index in [0.29, 0.717) is 24.6 Å². The van der Waals surface area contributed by atoms with E-state index in [4.69, 9.17) is 0 Å².